The van der Waals surface area contributed by atoms with Gasteiger partial charge in [-0.1, -0.05) is 12.1 Å². The zero-order valence-corrected chi connectivity index (χ0v) is 22.9. The predicted octanol–water partition coefficient (Wildman–Crippen LogP) is 3.22. The second-order valence-electron chi connectivity index (χ2n) is 9.98. The number of carbonyl (C=O) groups excluding carboxylic acids is 2. The Balaban J connectivity index is 1.36. The van der Waals surface area contributed by atoms with Crippen LogP contribution in [0.3, 0.4) is 0 Å². The topological polar surface area (TPSA) is 134 Å². The fourth-order valence-corrected chi connectivity index (χ4v) is 4.96. The van der Waals surface area contributed by atoms with E-state index in [1.54, 1.807) is 37.3 Å². The molecular formula is C29H29FN6O6. The van der Waals surface area contributed by atoms with Crippen molar-refractivity contribution >= 4 is 17.5 Å². The highest BCUT2D eigenvalue weighted by molar-refractivity contribution is 6.01. The predicted molar refractivity (Wildman–Crippen MR) is 146 cm³/mol. The quantitative estimate of drug-likeness (QED) is 0.319. The van der Waals surface area contributed by atoms with Crippen molar-refractivity contribution in [3.05, 3.63) is 71.7 Å². The number of halogens is 1. The average molecular weight is 577 g/mol. The number of hydrogen-bond acceptors (Lipinski definition) is 9. The van der Waals surface area contributed by atoms with E-state index in [1.165, 1.54) is 29.2 Å². The van der Waals surface area contributed by atoms with Crippen LogP contribution >= 0.6 is 0 Å². The van der Waals surface area contributed by atoms with Gasteiger partial charge in [-0.05, 0) is 66.9 Å². The number of tetrazole rings is 1. The number of ether oxygens (including phenoxy) is 3. The molecule has 1 fully saturated rings. The summed E-state index contributed by atoms with van der Waals surface area (Å²) in [6, 6.07) is 12.8. The summed E-state index contributed by atoms with van der Waals surface area (Å²) in [5.74, 6) is 0.809. The number of anilines is 1. The monoisotopic (exact) mass is 576 g/mol. The first-order valence-corrected chi connectivity index (χ1v) is 13.7. The highest BCUT2D eigenvalue weighted by Crippen LogP contribution is 2.37. The molecule has 1 N–H and O–H groups in total. The number of aromatic nitrogens is 4. The molecule has 2 aliphatic rings. The van der Waals surface area contributed by atoms with Crippen molar-refractivity contribution in [1.29, 1.82) is 0 Å². The zero-order valence-electron chi connectivity index (χ0n) is 22.9. The zero-order chi connectivity index (χ0) is 29.1. The van der Waals surface area contributed by atoms with Crippen LogP contribution in [0.5, 0.6) is 11.5 Å². The fourth-order valence-electron chi connectivity index (χ4n) is 4.96. The van der Waals surface area contributed by atoms with Crippen LogP contribution in [0.2, 0.25) is 0 Å². The molecular weight excluding hydrogens is 547 g/mol. The molecule has 218 valence electrons. The van der Waals surface area contributed by atoms with Gasteiger partial charge in [0, 0.05) is 24.9 Å². The summed E-state index contributed by atoms with van der Waals surface area (Å²) in [5.41, 5.74) is 0.774. The molecule has 4 aromatic rings. The molecule has 13 heteroatoms. The van der Waals surface area contributed by atoms with Crippen molar-refractivity contribution in [2.24, 2.45) is 0 Å². The Morgan fingerprint density at radius 2 is 1.88 bits per heavy atom. The lowest BCUT2D eigenvalue weighted by Gasteiger charge is -2.32. The van der Waals surface area contributed by atoms with Crippen molar-refractivity contribution < 1.29 is 32.6 Å². The van der Waals surface area contributed by atoms with Gasteiger partial charge in [-0.25, -0.2) is 4.39 Å². The molecule has 0 aliphatic carbocycles. The lowest BCUT2D eigenvalue weighted by molar-refractivity contribution is -0.127. The van der Waals surface area contributed by atoms with E-state index in [0.29, 0.717) is 54.1 Å². The number of benzene rings is 2. The van der Waals surface area contributed by atoms with Crippen molar-refractivity contribution in [3.8, 4) is 23.1 Å². The van der Waals surface area contributed by atoms with Crippen molar-refractivity contribution in [1.82, 2.24) is 25.5 Å². The van der Waals surface area contributed by atoms with Crippen LogP contribution in [0.4, 0.5) is 10.1 Å². The van der Waals surface area contributed by atoms with E-state index in [0.717, 1.165) is 17.6 Å². The van der Waals surface area contributed by atoms with Gasteiger partial charge in [-0.2, -0.15) is 4.80 Å². The molecule has 12 nitrogen and oxygen atoms in total. The van der Waals surface area contributed by atoms with Gasteiger partial charge in [-0.15, -0.1) is 10.2 Å². The number of aryl methyl sites for hydroxylation is 1. The number of furan rings is 1. The third kappa shape index (κ3) is 5.96. The molecule has 4 heterocycles. The maximum absolute atomic E-state index is 14.1. The van der Waals surface area contributed by atoms with Crippen LogP contribution in [-0.4, -0.2) is 64.5 Å². The molecule has 6 rings (SSSR count). The van der Waals surface area contributed by atoms with E-state index in [1.807, 2.05) is 0 Å². The second kappa shape index (κ2) is 12.0. The maximum Gasteiger partial charge on any atom is 0.251 e. The number of nitrogens with zero attached hydrogens (tertiary/aromatic N) is 5. The first kappa shape index (κ1) is 27.4. The number of nitrogens with one attached hydrogen (secondary N) is 1. The lowest BCUT2D eigenvalue weighted by Crippen LogP contribution is -2.46. The van der Waals surface area contributed by atoms with E-state index in [-0.39, 0.29) is 25.0 Å². The van der Waals surface area contributed by atoms with Gasteiger partial charge in [0.25, 0.3) is 5.91 Å². The summed E-state index contributed by atoms with van der Waals surface area (Å²) < 4.78 is 36.6. The molecule has 2 aromatic carbocycles. The number of rotatable bonds is 9. The summed E-state index contributed by atoms with van der Waals surface area (Å²) >= 11 is 0. The van der Waals surface area contributed by atoms with Crippen LogP contribution in [0.25, 0.3) is 11.6 Å². The van der Waals surface area contributed by atoms with Crippen LogP contribution in [0.1, 0.15) is 30.2 Å². The Morgan fingerprint density at radius 3 is 2.62 bits per heavy atom. The first-order valence-electron chi connectivity index (χ1n) is 13.7. The third-order valence-corrected chi connectivity index (χ3v) is 6.98. The molecule has 0 saturated carbocycles. The Morgan fingerprint density at radius 1 is 1.07 bits per heavy atom. The molecule has 42 heavy (non-hydrogen) atoms. The minimum Gasteiger partial charge on any atom is -0.486 e. The van der Waals surface area contributed by atoms with E-state index < -0.39 is 23.7 Å². The number of carbonyl (C=O) groups is 2. The molecule has 2 amide bonds. The normalized spacial score (nSPS) is 16.7. The minimum absolute atomic E-state index is 0.121. The van der Waals surface area contributed by atoms with Crippen molar-refractivity contribution in [2.75, 3.05) is 31.3 Å². The van der Waals surface area contributed by atoms with Gasteiger partial charge in [0.1, 0.15) is 37.4 Å². The van der Waals surface area contributed by atoms with E-state index in [9.17, 15) is 14.0 Å². The molecule has 2 aliphatic heterocycles. The van der Waals surface area contributed by atoms with Crippen LogP contribution in [-0.2, 0) is 20.9 Å². The van der Waals surface area contributed by atoms with Gasteiger partial charge >= 0.3 is 0 Å². The van der Waals surface area contributed by atoms with Crippen molar-refractivity contribution in [3.63, 3.8) is 0 Å². The minimum atomic E-state index is -1.17. The maximum atomic E-state index is 14.1. The number of amides is 2. The van der Waals surface area contributed by atoms with E-state index in [2.05, 4.69) is 20.7 Å². The summed E-state index contributed by atoms with van der Waals surface area (Å²) in [7, 11) is 0. The van der Waals surface area contributed by atoms with Gasteiger partial charge < -0.3 is 23.9 Å². The molecule has 0 spiro atoms. The highest BCUT2D eigenvalue weighted by atomic mass is 19.1. The number of hydrogen-bond donors (Lipinski definition) is 1. The molecule has 2 atom stereocenters. The smallest absolute Gasteiger partial charge is 0.251 e. The van der Waals surface area contributed by atoms with Gasteiger partial charge in [0.15, 0.2) is 17.3 Å². The van der Waals surface area contributed by atoms with Crippen LogP contribution in [0, 0.1) is 12.7 Å². The summed E-state index contributed by atoms with van der Waals surface area (Å²) in [6.45, 7) is 3.09. The van der Waals surface area contributed by atoms with Crippen LogP contribution < -0.4 is 19.7 Å². The standard InChI is InChI=1S/C29H29FN6O6/c1-18-4-10-24(42-18)28-32-34-35(33-28)17-26(37)36(21-9-11-23-25(15-21)41-14-13-40-23)27(19-5-7-20(30)8-6-19)29(38)31-16-22-3-2-12-39-22/h4-11,15,22,27H,2-3,12-14,16-17H2,1H3,(H,31,38)/t22-,27+/m0/s1. The Bertz CT molecular complexity index is 1560. The SMILES string of the molecule is Cc1ccc(-c2nnn(CC(=O)N(c3ccc4c(c3)OCCO4)[C@@H](C(=O)NC[C@@H]3CCCO3)c3ccc(F)cc3)n2)o1. The Hall–Kier alpha value is -4.78. The first-order chi connectivity index (χ1) is 20.4. The average Bonchev–Trinajstić information content (AvgIpc) is 3.78. The fraction of sp³-hybridized carbons (Fsp3) is 0.345. The Labute approximate surface area is 240 Å². The van der Waals surface area contributed by atoms with Crippen molar-refractivity contribution in [2.45, 2.75) is 38.5 Å². The lowest BCUT2D eigenvalue weighted by atomic mass is 10.0. The van der Waals surface area contributed by atoms with Gasteiger partial charge in [0.2, 0.25) is 11.7 Å². The second-order valence-corrected chi connectivity index (χ2v) is 9.98. The van der Waals surface area contributed by atoms with E-state index >= 15 is 0 Å². The summed E-state index contributed by atoms with van der Waals surface area (Å²) in [4.78, 5) is 30.4. The van der Waals surface area contributed by atoms with Gasteiger partial charge in [0.05, 0.1) is 6.10 Å². The van der Waals surface area contributed by atoms with E-state index in [4.69, 9.17) is 18.6 Å². The third-order valence-electron chi connectivity index (χ3n) is 6.98. The molecule has 1 saturated heterocycles. The Kier molecular flexibility index (Phi) is 7.82. The molecule has 0 unspecified atom stereocenters. The summed E-state index contributed by atoms with van der Waals surface area (Å²) in [5, 5.41) is 15.3. The molecule has 0 radical (unpaired) electrons. The summed E-state index contributed by atoms with van der Waals surface area (Å²) in [6.07, 6.45) is 1.61. The van der Waals surface area contributed by atoms with Gasteiger partial charge in [-0.3, -0.25) is 14.5 Å². The largest absolute Gasteiger partial charge is 0.486 e. The number of fused-ring (bicyclic) bond motifs is 1. The highest BCUT2D eigenvalue weighted by Gasteiger charge is 2.35. The molecule has 2 aromatic heterocycles. The van der Waals surface area contributed by atoms with Crippen LogP contribution in [0.15, 0.2) is 59.0 Å². The molecule has 0 bridgehead atoms.